The summed E-state index contributed by atoms with van der Waals surface area (Å²) in [5, 5.41) is 10.2. The van der Waals surface area contributed by atoms with Gasteiger partial charge in [0.25, 0.3) is 0 Å². The third kappa shape index (κ3) is 6.35. The van der Waals surface area contributed by atoms with Crippen molar-refractivity contribution in [3.8, 4) is 0 Å². The number of aliphatic hydroxyl groups is 1. The molecule has 86 valence electrons. The topological polar surface area (TPSA) is 38.7 Å². The van der Waals surface area contributed by atoms with Gasteiger partial charge in [0.05, 0.1) is 13.2 Å². The van der Waals surface area contributed by atoms with Crippen LogP contribution in [0, 0.1) is 5.92 Å². The zero-order valence-electron chi connectivity index (χ0n) is 9.88. The fourth-order valence-electron chi connectivity index (χ4n) is 1.50. The van der Waals surface area contributed by atoms with Crippen molar-refractivity contribution in [2.45, 2.75) is 39.7 Å². The molecule has 0 aliphatic heterocycles. The van der Waals surface area contributed by atoms with E-state index in [0.29, 0.717) is 38.8 Å². The van der Waals surface area contributed by atoms with E-state index in [-0.39, 0.29) is 0 Å². The molecule has 3 heteroatoms. The van der Waals surface area contributed by atoms with Crippen LogP contribution in [-0.2, 0) is 9.47 Å². The number of rotatable bonds is 8. The minimum Gasteiger partial charge on any atom is -0.385 e. The molecule has 0 aromatic heterocycles. The maximum absolute atomic E-state index is 10.2. The summed E-state index contributed by atoms with van der Waals surface area (Å²) in [6.07, 6.45) is 0.715. The normalized spacial score (nSPS) is 12.4. The summed E-state index contributed by atoms with van der Waals surface area (Å²) in [5.74, 6) is 0.445. The van der Waals surface area contributed by atoms with Crippen LogP contribution in [0.4, 0.5) is 0 Å². The lowest BCUT2D eigenvalue weighted by Crippen LogP contribution is -2.41. The molecule has 0 bridgehead atoms. The van der Waals surface area contributed by atoms with Crippen molar-refractivity contribution >= 4 is 0 Å². The Morgan fingerprint density at radius 1 is 1.07 bits per heavy atom. The van der Waals surface area contributed by atoms with Crippen molar-refractivity contribution in [1.29, 1.82) is 0 Å². The van der Waals surface area contributed by atoms with Crippen LogP contribution >= 0.6 is 0 Å². The summed E-state index contributed by atoms with van der Waals surface area (Å²) in [4.78, 5) is 0. The van der Waals surface area contributed by atoms with Crippen molar-refractivity contribution in [3.63, 3.8) is 0 Å². The molecule has 0 fully saturated rings. The van der Waals surface area contributed by atoms with Crippen LogP contribution < -0.4 is 0 Å². The van der Waals surface area contributed by atoms with Crippen molar-refractivity contribution in [2.24, 2.45) is 5.92 Å². The molecular formula is C11H24O3. The summed E-state index contributed by atoms with van der Waals surface area (Å²) in [6, 6.07) is 0. The predicted octanol–water partition coefficient (Wildman–Crippen LogP) is 1.84. The maximum Gasteiger partial charge on any atom is 0.111 e. The number of hydrogen-bond acceptors (Lipinski definition) is 3. The first-order valence-electron chi connectivity index (χ1n) is 5.42. The lowest BCUT2D eigenvalue weighted by atomic mass is 9.94. The van der Waals surface area contributed by atoms with E-state index >= 15 is 0 Å². The zero-order chi connectivity index (χ0) is 11.0. The first-order valence-corrected chi connectivity index (χ1v) is 5.42. The molecule has 0 rings (SSSR count). The van der Waals surface area contributed by atoms with Gasteiger partial charge in [-0.2, -0.15) is 0 Å². The average molecular weight is 204 g/mol. The standard InChI is InChI=1S/C11H24O3/c1-5-13-8-11(12,7-10(3)4)9-14-6-2/h10,12H,5-9H2,1-4H3. The van der Waals surface area contributed by atoms with Crippen LogP contribution in [0.5, 0.6) is 0 Å². The van der Waals surface area contributed by atoms with Gasteiger partial charge in [-0.05, 0) is 26.2 Å². The van der Waals surface area contributed by atoms with E-state index in [9.17, 15) is 5.11 Å². The van der Waals surface area contributed by atoms with Crippen molar-refractivity contribution in [2.75, 3.05) is 26.4 Å². The third-order valence-electron chi connectivity index (χ3n) is 1.94. The molecule has 0 unspecified atom stereocenters. The molecule has 0 aliphatic carbocycles. The highest BCUT2D eigenvalue weighted by molar-refractivity contribution is 4.79. The van der Waals surface area contributed by atoms with Crippen molar-refractivity contribution in [1.82, 2.24) is 0 Å². The SMILES string of the molecule is CCOCC(O)(COCC)CC(C)C. The van der Waals surface area contributed by atoms with Gasteiger partial charge in [-0.3, -0.25) is 0 Å². The van der Waals surface area contributed by atoms with Crippen LogP contribution in [0.2, 0.25) is 0 Å². The second-order valence-corrected chi connectivity index (χ2v) is 4.10. The Bertz CT molecular complexity index is 126. The molecule has 14 heavy (non-hydrogen) atoms. The molecule has 0 aromatic carbocycles. The fraction of sp³-hybridized carbons (Fsp3) is 1.00. The van der Waals surface area contributed by atoms with Gasteiger partial charge < -0.3 is 14.6 Å². The molecule has 0 saturated carbocycles. The summed E-state index contributed by atoms with van der Waals surface area (Å²) in [6.45, 7) is 10.0. The second kappa shape index (κ2) is 7.21. The van der Waals surface area contributed by atoms with Crippen molar-refractivity contribution < 1.29 is 14.6 Å². The van der Waals surface area contributed by atoms with Crippen molar-refractivity contribution in [3.05, 3.63) is 0 Å². The lowest BCUT2D eigenvalue weighted by molar-refractivity contribution is -0.102. The van der Waals surface area contributed by atoms with Crippen LogP contribution in [0.3, 0.4) is 0 Å². The quantitative estimate of drug-likeness (QED) is 0.655. The van der Waals surface area contributed by atoms with E-state index in [2.05, 4.69) is 13.8 Å². The molecule has 0 aromatic rings. The summed E-state index contributed by atoms with van der Waals surface area (Å²) in [5.41, 5.74) is -0.819. The Labute approximate surface area is 87.4 Å². The molecule has 0 heterocycles. The van der Waals surface area contributed by atoms with E-state index < -0.39 is 5.60 Å². The summed E-state index contributed by atoms with van der Waals surface area (Å²) in [7, 11) is 0. The van der Waals surface area contributed by atoms with E-state index in [1.165, 1.54) is 0 Å². The minimum absolute atomic E-state index is 0.363. The fourth-order valence-corrected chi connectivity index (χ4v) is 1.50. The Balaban J connectivity index is 4.03. The second-order valence-electron chi connectivity index (χ2n) is 4.10. The molecule has 0 aliphatic rings. The van der Waals surface area contributed by atoms with Gasteiger partial charge in [0.15, 0.2) is 0 Å². The molecule has 0 atom stereocenters. The molecule has 0 amide bonds. The van der Waals surface area contributed by atoms with Crippen LogP contribution in [-0.4, -0.2) is 37.1 Å². The van der Waals surface area contributed by atoms with Crippen LogP contribution in [0.15, 0.2) is 0 Å². The summed E-state index contributed by atoms with van der Waals surface area (Å²) < 4.78 is 10.5. The molecule has 0 spiro atoms. The molecular weight excluding hydrogens is 180 g/mol. The predicted molar refractivity (Wildman–Crippen MR) is 57.4 cm³/mol. The minimum atomic E-state index is -0.819. The zero-order valence-corrected chi connectivity index (χ0v) is 9.88. The highest BCUT2D eigenvalue weighted by Crippen LogP contribution is 2.18. The Hall–Kier alpha value is -0.120. The van der Waals surface area contributed by atoms with Crippen LogP contribution in [0.1, 0.15) is 34.1 Å². The monoisotopic (exact) mass is 204 g/mol. The van der Waals surface area contributed by atoms with Gasteiger partial charge >= 0.3 is 0 Å². The van der Waals surface area contributed by atoms with Gasteiger partial charge in [0.1, 0.15) is 5.60 Å². The van der Waals surface area contributed by atoms with Gasteiger partial charge in [-0.1, -0.05) is 13.8 Å². The Morgan fingerprint density at radius 3 is 1.79 bits per heavy atom. The summed E-state index contributed by atoms with van der Waals surface area (Å²) >= 11 is 0. The Kier molecular flexibility index (Phi) is 7.15. The van der Waals surface area contributed by atoms with Crippen LogP contribution in [0.25, 0.3) is 0 Å². The molecule has 3 nitrogen and oxygen atoms in total. The lowest BCUT2D eigenvalue weighted by Gasteiger charge is -2.29. The highest BCUT2D eigenvalue weighted by Gasteiger charge is 2.28. The van der Waals surface area contributed by atoms with E-state index in [1.54, 1.807) is 0 Å². The maximum atomic E-state index is 10.2. The molecule has 0 radical (unpaired) electrons. The first-order chi connectivity index (χ1) is 6.54. The average Bonchev–Trinajstić information content (AvgIpc) is 2.11. The van der Waals surface area contributed by atoms with E-state index in [4.69, 9.17) is 9.47 Å². The highest BCUT2D eigenvalue weighted by atomic mass is 16.5. The smallest absolute Gasteiger partial charge is 0.111 e. The number of ether oxygens (including phenoxy) is 2. The van der Waals surface area contributed by atoms with Gasteiger partial charge in [0, 0.05) is 13.2 Å². The Morgan fingerprint density at radius 2 is 1.50 bits per heavy atom. The van der Waals surface area contributed by atoms with Gasteiger partial charge in [-0.15, -0.1) is 0 Å². The number of hydrogen-bond donors (Lipinski definition) is 1. The third-order valence-corrected chi connectivity index (χ3v) is 1.94. The van der Waals surface area contributed by atoms with E-state index in [0.717, 1.165) is 0 Å². The van der Waals surface area contributed by atoms with Gasteiger partial charge in [0.2, 0.25) is 0 Å². The molecule has 1 N–H and O–H groups in total. The molecule has 0 saturated heterocycles. The van der Waals surface area contributed by atoms with Gasteiger partial charge in [-0.25, -0.2) is 0 Å². The first kappa shape index (κ1) is 13.9. The van der Waals surface area contributed by atoms with E-state index in [1.807, 2.05) is 13.8 Å². The largest absolute Gasteiger partial charge is 0.385 e.